The number of hydrogen-bond acceptors (Lipinski definition) is 5. The summed E-state index contributed by atoms with van der Waals surface area (Å²) in [6.45, 7) is 2.78. The van der Waals surface area contributed by atoms with Crippen molar-refractivity contribution < 1.29 is 13.9 Å². The fourth-order valence-corrected chi connectivity index (χ4v) is 4.48. The molecule has 2 aromatic rings. The third kappa shape index (κ3) is 6.40. The number of amides is 1. The van der Waals surface area contributed by atoms with E-state index >= 15 is 0 Å². The molecule has 0 radical (unpaired) electrons. The van der Waals surface area contributed by atoms with Gasteiger partial charge in [-0.25, -0.2) is 4.39 Å². The molecule has 1 amide bonds. The minimum absolute atomic E-state index is 0.0687. The predicted molar refractivity (Wildman–Crippen MR) is 120 cm³/mol. The molecule has 2 saturated heterocycles. The summed E-state index contributed by atoms with van der Waals surface area (Å²) in [4.78, 5) is 14.5. The van der Waals surface area contributed by atoms with Crippen molar-refractivity contribution in [1.82, 2.24) is 15.8 Å². The van der Waals surface area contributed by atoms with Gasteiger partial charge in [-0.2, -0.15) is 0 Å². The average Bonchev–Trinajstić information content (AvgIpc) is 3.39. The molecule has 0 aliphatic carbocycles. The summed E-state index contributed by atoms with van der Waals surface area (Å²) in [6.07, 6.45) is 3.01. The van der Waals surface area contributed by atoms with E-state index in [1.807, 2.05) is 24.3 Å². The number of hydrazine groups is 1. The van der Waals surface area contributed by atoms with E-state index in [2.05, 4.69) is 21.1 Å². The van der Waals surface area contributed by atoms with Gasteiger partial charge >= 0.3 is 0 Å². The quantitative estimate of drug-likeness (QED) is 0.579. The minimum atomic E-state index is -0.313. The highest BCUT2D eigenvalue weighted by Gasteiger charge is 2.35. The summed E-state index contributed by atoms with van der Waals surface area (Å²) in [7, 11) is 0. The highest BCUT2D eigenvalue weighted by atomic mass is 35.5. The monoisotopic (exact) mass is 446 g/mol. The molecule has 0 aromatic heterocycles. The number of anilines is 1. The molecular formula is C23H28ClFN4O2. The van der Waals surface area contributed by atoms with Crippen molar-refractivity contribution in [2.24, 2.45) is 5.92 Å². The van der Waals surface area contributed by atoms with Gasteiger partial charge in [0.2, 0.25) is 5.91 Å². The summed E-state index contributed by atoms with van der Waals surface area (Å²) in [5.41, 5.74) is 7.44. The first-order valence-corrected chi connectivity index (χ1v) is 11.1. The number of halogens is 2. The van der Waals surface area contributed by atoms with E-state index in [9.17, 15) is 9.18 Å². The molecule has 2 fully saturated rings. The molecular weight excluding hydrogens is 419 g/mol. The third-order valence-corrected chi connectivity index (χ3v) is 6.15. The van der Waals surface area contributed by atoms with Crippen LogP contribution in [0.5, 0.6) is 5.75 Å². The lowest BCUT2D eigenvalue weighted by molar-refractivity contribution is -0.117. The van der Waals surface area contributed by atoms with Crippen LogP contribution >= 0.6 is 11.6 Å². The minimum Gasteiger partial charge on any atom is -0.493 e. The Morgan fingerprint density at radius 1 is 1.23 bits per heavy atom. The van der Waals surface area contributed by atoms with Crippen LogP contribution in [-0.4, -0.2) is 49.1 Å². The first-order chi connectivity index (χ1) is 15.0. The van der Waals surface area contributed by atoms with Crippen LogP contribution in [0.1, 0.15) is 19.3 Å². The van der Waals surface area contributed by atoms with Crippen LogP contribution in [0.3, 0.4) is 0 Å². The smallest absolute Gasteiger partial charge is 0.238 e. The van der Waals surface area contributed by atoms with Gasteiger partial charge in [0.1, 0.15) is 11.6 Å². The lowest BCUT2D eigenvalue weighted by Crippen LogP contribution is -2.39. The maximum atomic E-state index is 13.0. The zero-order valence-electron chi connectivity index (χ0n) is 17.3. The molecule has 2 heterocycles. The van der Waals surface area contributed by atoms with Gasteiger partial charge in [0.05, 0.1) is 13.2 Å². The van der Waals surface area contributed by atoms with Crippen molar-refractivity contribution >= 4 is 23.2 Å². The van der Waals surface area contributed by atoms with Gasteiger partial charge in [-0.05, 0) is 74.2 Å². The van der Waals surface area contributed by atoms with Crippen LogP contribution < -0.4 is 20.9 Å². The van der Waals surface area contributed by atoms with Gasteiger partial charge in [0, 0.05) is 29.3 Å². The zero-order valence-corrected chi connectivity index (χ0v) is 18.1. The van der Waals surface area contributed by atoms with Crippen molar-refractivity contribution in [2.45, 2.75) is 31.3 Å². The molecule has 0 spiro atoms. The summed E-state index contributed by atoms with van der Waals surface area (Å²) in [5.74, 6) is 0.915. The first kappa shape index (κ1) is 22.0. The van der Waals surface area contributed by atoms with Gasteiger partial charge in [-0.1, -0.05) is 17.7 Å². The molecule has 8 heteroatoms. The first-order valence-electron chi connectivity index (χ1n) is 10.7. The van der Waals surface area contributed by atoms with Crippen LogP contribution in [0.2, 0.25) is 5.02 Å². The topological polar surface area (TPSA) is 65.6 Å². The largest absolute Gasteiger partial charge is 0.493 e. The van der Waals surface area contributed by atoms with E-state index < -0.39 is 0 Å². The molecule has 0 saturated carbocycles. The Bertz CT molecular complexity index is 882. The summed E-state index contributed by atoms with van der Waals surface area (Å²) >= 11 is 5.99. The van der Waals surface area contributed by atoms with Crippen molar-refractivity contribution in [3.63, 3.8) is 0 Å². The molecule has 2 aromatic carbocycles. The number of carbonyl (C=O) groups is 1. The molecule has 31 heavy (non-hydrogen) atoms. The molecule has 2 aliphatic rings. The average molecular weight is 447 g/mol. The molecule has 166 valence electrons. The van der Waals surface area contributed by atoms with Crippen LogP contribution in [0.15, 0.2) is 48.5 Å². The Morgan fingerprint density at radius 3 is 2.87 bits per heavy atom. The zero-order chi connectivity index (χ0) is 21.6. The number of likely N-dealkylation sites (tertiary alicyclic amines) is 1. The summed E-state index contributed by atoms with van der Waals surface area (Å²) in [5, 5.41) is 3.51. The maximum absolute atomic E-state index is 13.0. The Hall–Kier alpha value is -2.19. The van der Waals surface area contributed by atoms with Crippen molar-refractivity contribution in [2.75, 3.05) is 31.6 Å². The van der Waals surface area contributed by atoms with E-state index in [-0.39, 0.29) is 11.7 Å². The van der Waals surface area contributed by atoms with E-state index in [1.165, 1.54) is 12.1 Å². The van der Waals surface area contributed by atoms with E-state index in [0.717, 1.165) is 38.1 Å². The van der Waals surface area contributed by atoms with Crippen molar-refractivity contribution in [3.8, 4) is 5.75 Å². The van der Waals surface area contributed by atoms with Gasteiger partial charge in [-0.3, -0.25) is 20.5 Å². The van der Waals surface area contributed by atoms with Crippen LogP contribution in [0.25, 0.3) is 0 Å². The van der Waals surface area contributed by atoms with E-state index in [1.54, 1.807) is 12.1 Å². The van der Waals surface area contributed by atoms with Gasteiger partial charge in [-0.15, -0.1) is 0 Å². The normalized spacial score (nSPS) is 23.7. The van der Waals surface area contributed by atoms with Crippen molar-refractivity contribution in [1.29, 1.82) is 0 Å². The van der Waals surface area contributed by atoms with Crippen LogP contribution in [0.4, 0.5) is 10.1 Å². The molecule has 3 N–H and O–H groups in total. The molecule has 4 rings (SSSR count). The predicted octanol–water partition coefficient (Wildman–Crippen LogP) is 3.44. The molecule has 0 bridgehead atoms. The molecule has 3 atom stereocenters. The number of nitrogens with one attached hydrogen (secondary N) is 3. The Kier molecular flexibility index (Phi) is 7.40. The molecule has 6 nitrogen and oxygen atoms in total. The SMILES string of the molecule is O=C(CN1CCC(C2CC(CCOc3cccc(Cl)c3)NN2)C1)Nc1ccc(F)cc1. The van der Waals surface area contributed by atoms with Gasteiger partial charge < -0.3 is 10.1 Å². The number of benzene rings is 2. The van der Waals surface area contributed by atoms with Crippen LogP contribution in [-0.2, 0) is 4.79 Å². The standard InChI is InChI=1S/C23H28ClFN4O2/c24-17-2-1-3-21(12-17)31-11-9-20-13-22(28-27-20)16-8-10-29(14-16)15-23(30)26-19-6-4-18(25)5-7-19/h1-7,12,16,20,22,27-28H,8-11,13-15H2,(H,26,30). The lowest BCUT2D eigenvalue weighted by atomic mass is 9.94. The van der Waals surface area contributed by atoms with Gasteiger partial charge in [0.15, 0.2) is 0 Å². The van der Waals surface area contributed by atoms with Crippen LogP contribution in [0, 0.1) is 11.7 Å². The Balaban J connectivity index is 1.16. The number of rotatable bonds is 8. The van der Waals surface area contributed by atoms with Crippen molar-refractivity contribution in [3.05, 3.63) is 59.4 Å². The fraction of sp³-hybridized carbons (Fsp3) is 0.435. The maximum Gasteiger partial charge on any atom is 0.238 e. The number of nitrogens with zero attached hydrogens (tertiary/aromatic N) is 1. The highest BCUT2D eigenvalue weighted by Crippen LogP contribution is 2.25. The second kappa shape index (κ2) is 10.4. The summed E-state index contributed by atoms with van der Waals surface area (Å²) < 4.78 is 18.8. The Labute approximate surface area is 187 Å². The Morgan fingerprint density at radius 2 is 2.06 bits per heavy atom. The second-order valence-corrected chi connectivity index (χ2v) is 8.70. The van der Waals surface area contributed by atoms with E-state index in [0.29, 0.717) is 41.9 Å². The second-order valence-electron chi connectivity index (χ2n) is 8.26. The molecule has 3 unspecified atom stereocenters. The summed E-state index contributed by atoms with van der Waals surface area (Å²) in [6, 6.07) is 14.0. The highest BCUT2D eigenvalue weighted by molar-refractivity contribution is 6.30. The number of ether oxygens (including phenoxy) is 1. The van der Waals surface area contributed by atoms with E-state index in [4.69, 9.17) is 16.3 Å². The number of carbonyl (C=O) groups excluding carboxylic acids is 1. The lowest BCUT2D eigenvalue weighted by Gasteiger charge is -2.19. The van der Waals surface area contributed by atoms with Gasteiger partial charge in [0.25, 0.3) is 0 Å². The fourth-order valence-electron chi connectivity index (χ4n) is 4.30. The number of hydrogen-bond donors (Lipinski definition) is 3. The third-order valence-electron chi connectivity index (χ3n) is 5.92. The molecule has 2 aliphatic heterocycles.